The molecule has 0 aromatic heterocycles. The third-order valence-electron chi connectivity index (χ3n) is 4.51. The van der Waals surface area contributed by atoms with E-state index in [9.17, 15) is 19.7 Å². The molecule has 0 saturated carbocycles. The summed E-state index contributed by atoms with van der Waals surface area (Å²) in [7, 11) is 3.51. The molecule has 0 bridgehead atoms. The number of nitro benzene ring substituents is 1. The van der Waals surface area contributed by atoms with E-state index in [1.54, 1.807) is 49.3 Å². The molecule has 0 aliphatic carbocycles. The van der Waals surface area contributed by atoms with Crippen LogP contribution in [0.5, 0.6) is 5.75 Å². The van der Waals surface area contributed by atoms with Crippen molar-refractivity contribution in [3.05, 3.63) is 63.7 Å². The van der Waals surface area contributed by atoms with Gasteiger partial charge in [-0.25, -0.2) is 4.90 Å². The van der Waals surface area contributed by atoms with E-state index in [0.29, 0.717) is 29.3 Å². The summed E-state index contributed by atoms with van der Waals surface area (Å²) in [6.45, 7) is 2.19. The number of carbonyl (C=O) groups is 2. The lowest BCUT2D eigenvalue weighted by Crippen LogP contribution is -2.54. The number of nitrogens with zero attached hydrogens (tertiary/aromatic N) is 3. The van der Waals surface area contributed by atoms with Gasteiger partial charge in [0.05, 0.1) is 17.2 Å². The highest BCUT2D eigenvalue weighted by molar-refractivity contribution is 7.80. The number of amides is 2. The van der Waals surface area contributed by atoms with Gasteiger partial charge < -0.3 is 9.64 Å². The zero-order chi connectivity index (χ0) is 22.7. The van der Waals surface area contributed by atoms with Gasteiger partial charge in [0.25, 0.3) is 17.5 Å². The predicted octanol–water partition coefficient (Wildman–Crippen LogP) is 2.89. The maximum Gasteiger partial charge on any atom is 0.270 e. The molecule has 160 valence electrons. The third kappa shape index (κ3) is 4.38. The number of nitro groups is 1. The Morgan fingerprint density at radius 3 is 2.58 bits per heavy atom. The molecule has 0 unspecified atom stereocenters. The van der Waals surface area contributed by atoms with E-state index < -0.39 is 16.7 Å². The van der Waals surface area contributed by atoms with Crippen LogP contribution in [0.15, 0.2) is 48.0 Å². The molecule has 2 amide bonds. The molecule has 2 aromatic rings. The first kappa shape index (κ1) is 21.9. The maximum absolute atomic E-state index is 13.3. The van der Waals surface area contributed by atoms with E-state index in [2.05, 4.69) is 5.32 Å². The van der Waals surface area contributed by atoms with Gasteiger partial charge in [0, 0.05) is 37.5 Å². The standard InChI is InChI=1S/C21H20N4O5S/c1-4-30-18-8-6-5-7-17(18)24-20(27)15(19(26)22-21(24)31)12-13-11-14(25(28)29)9-10-16(13)23(2)3/h5-12H,4H2,1-3H3,(H,22,26,31)/b15-12-. The molecule has 3 rings (SSSR count). The molecule has 1 heterocycles. The van der Waals surface area contributed by atoms with E-state index in [1.807, 2.05) is 6.92 Å². The van der Waals surface area contributed by atoms with Crippen LogP contribution in [0, 0.1) is 10.1 Å². The van der Waals surface area contributed by atoms with Crippen LogP contribution >= 0.6 is 12.2 Å². The van der Waals surface area contributed by atoms with Crippen LogP contribution in [0.25, 0.3) is 6.08 Å². The highest BCUT2D eigenvalue weighted by atomic mass is 32.1. The fourth-order valence-electron chi connectivity index (χ4n) is 3.13. The van der Waals surface area contributed by atoms with Crippen LogP contribution in [0.4, 0.5) is 17.1 Å². The van der Waals surface area contributed by atoms with Gasteiger partial charge in [-0.3, -0.25) is 25.0 Å². The molecule has 1 N–H and O–H groups in total. The van der Waals surface area contributed by atoms with Gasteiger partial charge >= 0.3 is 0 Å². The van der Waals surface area contributed by atoms with E-state index in [1.165, 1.54) is 23.1 Å². The quantitative estimate of drug-likeness (QED) is 0.242. The maximum atomic E-state index is 13.3. The van der Waals surface area contributed by atoms with Crippen molar-refractivity contribution in [3.8, 4) is 5.75 Å². The Kier molecular flexibility index (Phi) is 6.30. The number of hydrogen-bond acceptors (Lipinski definition) is 7. The SMILES string of the molecule is CCOc1ccccc1N1C(=O)/C(=C\c2cc([N+](=O)[O-])ccc2N(C)C)C(=O)NC1=S. The van der Waals surface area contributed by atoms with Gasteiger partial charge in [0.1, 0.15) is 11.3 Å². The zero-order valence-corrected chi connectivity index (χ0v) is 17.9. The molecule has 0 atom stereocenters. The lowest BCUT2D eigenvalue weighted by molar-refractivity contribution is -0.384. The number of anilines is 2. The zero-order valence-electron chi connectivity index (χ0n) is 17.1. The number of benzene rings is 2. The molecule has 9 nitrogen and oxygen atoms in total. The lowest BCUT2D eigenvalue weighted by Gasteiger charge is -2.30. The number of non-ortho nitro benzene ring substituents is 1. The van der Waals surface area contributed by atoms with Gasteiger partial charge in [-0.2, -0.15) is 0 Å². The first-order chi connectivity index (χ1) is 14.7. The second kappa shape index (κ2) is 8.92. The van der Waals surface area contributed by atoms with Gasteiger partial charge in [-0.15, -0.1) is 0 Å². The van der Waals surface area contributed by atoms with Crippen molar-refractivity contribution in [2.24, 2.45) is 0 Å². The van der Waals surface area contributed by atoms with Gasteiger partial charge in [0.15, 0.2) is 5.11 Å². The second-order valence-corrected chi connectivity index (χ2v) is 7.14. The van der Waals surface area contributed by atoms with Crippen molar-refractivity contribution in [1.29, 1.82) is 0 Å². The second-order valence-electron chi connectivity index (χ2n) is 6.75. The minimum absolute atomic E-state index is 0.0776. The average Bonchev–Trinajstić information content (AvgIpc) is 2.72. The van der Waals surface area contributed by atoms with Crippen LogP contribution in [-0.2, 0) is 9.59 Å². The Morgan fingerprint density at radius 2 is 1.94 bits per heavy atom. The lowest BCUT2D eigenvalue weighted by atomic mass is 10.0. The average molecular weight is 440 g/mol. The van der Waals surface area contributed by atoms with Crippen LogP contribution in [-0.4, -0.2) is 42.6 Å². The minimum Gasteiger partial charge on any atom is -0.492 e. The molecule has 1 aliphatic rings. The normalized spacial score (nSPS) is 15.1. The summed E-state index contributed by atoms with van der Waals surface area (Å²) in [6.07, 6.45) is 1.33. The number of rotatable bonds is 6. The number of nitrogens with one attached hydrogen (secondary N) is 1. The van der Waals surface area contributed by atoms with Gasteiger partial charge in [-0.1, -0.05) is 12.1 Å². The monoisotopic (exact) mass is 440 g/mol. The number of thiocarbonyl (C=S) groups is 1. The van der Waals surface area contributed by atoms with E-state index in [4.69, 9.17) is 17.0 Å². The van der Waals surface area contributed by atoms with E-state index >= 15 is 0 Å². The van der Waals surface area contributed by atoms with Crippen molar-refractivity contribution in [1.82, 2.24) is 5.32 Å². The summed E-state index contributed by atoms with van der Waals surface area (Å²) in [6, 6.07) is 11.1. The molecule has 1 saturated heterocycles. The summed E-state index contributed by atoms with van der Waals surface area (Å²) in [5, 5.41) is 13.7. The minimum atomic E-state index is -0.684. The molecule has 0 radical (unpaired) electrons. The van der Waals surface area contributed by atoms with Crippen molar-refractivity contribution in [2.45, 2.75) is 6.92 Å². The van der Waals surface area contributed by atoms with Crippen LogP contribution in [0.3, 0.4) is 0 Å². The summed E-state index contributed by atoms with van der Waals surface area (Å²) in [5.74, 6) is -0.908. The van der Waals surface area contributed by atoms with Crippen LogP contribution < -0.4 is 19.9 Å². The number of hydrogen-bond donors (Lipinski definition) is 1. The largest absolute Gasteiger partial charge is 0.492 e. The fourth-order valence-corrected chi connectivity index (χ4v) is 3.40. The third-order valence-corrected chi connectivity index (χ3v) is 4.80. The van der Waals surface area contributed by atoms with E-state index in [0.717, 1.165) is 0 Å². The molecule has 1 fully saturated rings. The Hall–Kier alpha value is -3.79. The molecular formula is C21H20N4O5S. The Bertz CT molecular complexity index is 1110. The summed E-state index contributed by atoms with van der Waals surface area (Å²) < 4.78 is 5.59. The highest BCUT2D eigenvalue weighted by Gasteiger charge is 2.36. The highest BCUT2D eigenvalue weighted by Crippen LogP contribution is 2.32. The van der Waals surface area contributed by atoms with Crippen LogP contribution in [0.1, 0.15) is 12.5 Å². The summed E-state index contributed by atoms with van der Waals surface area (Å²) in [4.78, 5) is 39.5. The molecule has 31 heavy (non-hydrogen) atoms. The topological polar surface area (TPSA) is 105 Å². The van der Waals surface area contributed by atoms with Gasteiger partial charge in [0.2, 0.25) is 0 Å². The van der Waals surface area contributed by atoms with Gasteiger partial charge in [-0.05, 0) is 43.4 Å². The molecule has 2 aromatic carbocycles. The Morgan fingerprint density at radius 1 is 1.23 bits per heavy atom. The molecule has 1 aliphatic heterocycles. The predicted molar refractivity (Wildman–Crippen MR) is 121 cm³/mol. The van der Waals surface area contributed by atoms with Crippen LogP contribution in [0.2, 0.25) is 0 Å². The summed E-state index contributed by atoms with van der Waals surface area (Å²) in [5.41, 5.74) is 0.979. The first-order valence-corrected chi connectivity index (χ1v) is 9.74. The smallest absolute Gasteiger partial charge is 0.270 e. The van der Waals surface area contributed by atoms with E-state index in [-0.39, 0.29) is 16.4 Å². The van der Waals surface area contributed by atoms with Crippen molar-refractivity contribution in [3.63, 3.8) is 0 Å². The summed E-state index contributed by atoms with van der Waals surface area (Å²) >= 11 is 5.24. The number of para-hydroxylation sites is 2. The number of carbonyl (C=O) groups excluding carboxylic acids is 2. The number of ether oxygens (including phenoxy) is 1. The van der Waals surface area contributed by atoms with Crippen molar-refractivity contribution >= 4 is 52.3 Å². The first-order valence-electron chi connectivity index (χ1n) is 9.33. The molecular weight excluding hydrogens is 420 g/mol. The Labute approximate surface area is 184 Å². The van der Waals surface area contributed by atoms with Crippen molar-refractivity contribution < 1.29 is 19.2 Å². The molecule has 0 spiro atoms. The Balaban J connectivity index is 2.12. The fraction of sp³-hybridized carbons (Fsp3) is 0.190. The van der Waals surface area contributed by atoms with Crippen molar-refractivity contribution in [2.75, 3.05) is 30.5 Å². The molecule has 10 heteroatoms.